The molecule has 2 rings (SSSR count). The fraction of sp³-hybridized carbons (Fsp3) is 0.609. The molecule has 1 fully saturated rings. The van der Waals surface area contributed by atoms with Crippen LogP contribution in [0, 0.1) is 18.8 Å². The van der Waals surface area contributed by atoms with Crippen molar-refractivity contribution < 1.29 is 9.53 Å². The van der Waals surface area contributed by atoms with Gasteiger partial charge < -0.3 is 4.74 Å². The van der Waals surface area contributed by atoms with Crippen molar-refractivity contribution in [1.82, 2.24) is 0 Å². The lowest BCUT2D eigenvalue weighted by molar-refractivity contribution is -0.138. The van der Waals surface area contributed by atoms with Gasteiger partial charge in [-0.05, 0) is 82.6 Å². The second-order valence-corrected chi connectivity index (χ2v) is 7.57. The number of allylic oxidation sites excluding steroid dienone is 1. The van der Waals surface area contributed by atoms with Crippen LogP contribution in [-0.2, 0) is 9.53 Å². The van der Waals surface area contributed by atoms with Gasteiger partial charge in [0.2, 0.25) is 0 Å². The predicted molar refractivity (Wildman–Crippen MR) is 105 cm³/mol. The highest BCUT2D eigenvalue weighted by Crippen LogP contribution is 2.40. The molecule has 2 heteroatoms. The second kappa shape index (κ2) is 9.79. The standard InChI is InChI=1S/C23H34O2/c1-5-19(23(24)25-6-2)12-9-18(4)20-13-15-22(16-14-20)21-10-7-17(3)8-11-21/h5,7-8,10-11,18,20,22H,6,9,12-16H2,1-4H3. The number of hydrogen-bond donors (Lipinski definition) is 0. The molecule has 0 radical (unpaired) electrons. The maximum Gasteiger partial charge on any atom is 0.333 e. The number of carbonyl (C=O) groups is 1. The van der Waals surface area contributed by atoms with Crippen LogP contribution in [-0.4, -0.2) is 12.6 Å². The van der Waals surface area contributed by atoms with E-state index in [0.717, 1.165) is 30.3 Å². The molecule has 1 aliphatic carbocycles. The van der Waals surface area contributed by atoms with Gasteiger partial charge in [0, 0.05) is 5.57 Å². The Morgan fingerprint density at radius 2 is 1.84 bits per heavy atom. The van der Waals surface area contributed by atoms with Crippen LogP contribution in [0.5, 0.6) is 0 Å². The highest BCUT2D eigenvalue weighted by molar-refractivity contribution is 5.88. The molecule has 1 saturated carbocycles. The van der Waals surface area contributed by atoms with E-state index < -0.39 is 0 Å². The molecule has 25 heavy (non-hydrogen) atoms. The van der Waals surface area contributed by atoms with E-state index in [1.807, 2.05) is 19.9 Å². The third-order valence-electron chi connectivity index (χ3n) is 5.88. The fourth-order valence-electron chi connectivity index (χ4n) is 4.07. The van der Waals surface area contributed by atoms with Gasteiger partial charge in [-0.1, -0.05) is 42.8 Å². The minimum atomic E-state index is -0.139. The van der Waals surface area contributed by atoms with E-state index in [1.54, 1.807) is 0 Å². The molecule has 1 aromatic rings. The topological polar surface area (TPSA) is 26.3 Å². The summed E-state index contributed by atoms with van der Waals surface area (Å²) in [7, 11) is 0. The maximum absolute atomic E-state index is 11.9. The normalized spacial score (nSPS) is 22.5. The van der Waals surface area contributed by atoms with Crippen LogP contribution in [0.2, 0.25) is 0 Å². The highest BCUT2D eigenvalue weighted by Gasteiger charge is 2.26. The van der Waals surface area contributed by atoms with Gasteiger partial charge in [-0.2, -0.15) is 0 Å². The Morgan fingerprint density at radius 3 is 2.40 bits per heavy atom. The summed E-state index contributed by atoms with van der Waals surface area (Å²) in [4.78, 5) is 11.9. The Labute approximate surface area is 153 Å². The van der Waals surface area contributed by atoms with Crippen molar-refractivity contribution in [2.45, 2.75) is 72.1 Å². The average Bonchev–Trinajstić information content (AvgIpc) is 2.63. The molecule has 138 valence electrons. The molecule has 0 bridgehead atoms. The molecule has 1 unspecified atom stereocenters. The molecule has 0 saturated heterocycles. The minimum absolute atomic E-state index is 0.139. The maximum atomic E-state index is 11.9. The number of rotatable bonds is 7. The summed E-state index contributed by atoms with van der Waals surface area (Å²) < 4.78 is 5.14. The number of benzene rings is 1. The molecule has 1 atom stereocenters. The first-order valence-corrected chi connectivity index (χ1v) is 9.94. The summed E-state index contributed by atoms with van der Waals surface area (Å²) in [5.74, 6) is 2.06. The lowest BCUT2D eigenvalue weighted by Gasteiger charge is -2.32. The molecule has 1 aromatic carbocycles. The van der Waals surface area contributed by atoms with Crippen molar-refractivity contribution in [2.75, 3.05) is 6.61 Å². The molecule has 0 N–H and O–H groups in total. The summed E-state index contributed by atoms with van der Waals surface area (Å²) in [5.41, 5.74) is 3.68. The molecule has 1 aliphatic rings. The van der Waals surface area contributed by atoms with Crippen molar-refractivity contribution in [3.05, 3.63) is 47.0 Å². The summed E-state index contributed by atoms with van der Waals surface area (Å²) in [6.07, 6.45) is 9.05. The van der Waals surface area contributed by atoms with Gasteiger partial charge in [0.1, 0.15) is 0 Å². The molecule has 0 heterocycles. The number of esters is 1. The van der Waals surface area contributed by atoms with Gasteiger partial charge in [0.25, 0.3) is 0 Å². The van der Waals surface area contributed by atoms with Crippen molar-refractivity contribution in [2.24, 2.45) is 11.8 Å². The van der Waals surface area contributed by atoms with E-state index in [-0.39, 0.29) is 5.97 Å². The molecule has 0 aromatic heterocycles. The summed E-state index contributed by atoms with van der Waals surface area (Å²) in [6.45, 7) is 8.76. The van der Waals surface area contributed by atoms with Crippen LogP contribution in [0.25, 0.3) is 0 Å². The predicted octanol–water partition coefficient (Wildman–Crippen LogP) is 6.19. The molecular weight excluding hydrogens is 308 g/mol. The molecule has 0 aliphatic heterocycles. The number of hydrogen-bond acceptors (Lipinski definition) is 2. The SMILES string of the molecule is CC=C(CCC(C)C1CCC(c2ccc(C)cc2)CC1)C(=O)OCC. The number of ether oxygens (including phenoxy) is 1. The fourth-order valence-corrected chi connectivity index (χ4v) is 4.07. The summed E-state index contributed by atoms with van der Waals surface area (Å²) >= 11 is 0. The lowest BCUT2D eigenvalue weighted by atomic mass is 9.73. The number of aryl methyl sites for hydroxylation is 1. The molecular formula is C23H34O2. The largest absolute Gasteiger partial charge is 0.463 e. The number of carbonyl (C=O) groups excluding carboxylic acids is 1. The van der Waals surface area contributed by atoms with E-state index in [0.29, 0.717) is 12.5 Å². The zero-order valence-corrected chi connectivity index (χ0v) is 16.4. The van der Waals surface area contributed by atoms with Gasteiger partial charge in [-0.3, -0.25) is 0 Å². The Bertz CT molecular complexity index is 562. The van der Waals surface area contributed by atoms with E-state index in [2.05, 4.69) is 38.1 Å². The van der Waals surface area contributed by atoms with Crippen molar-refractivity contribution in [3.63, 3.8) is 0 Å². The van der Waals surface area contributed by atoms with Crippen molar-refractivity contribution in [3.8, 4) is 0 Å². The quantitative estimate of drug-likeness (QED) is 0.436. The monoisotopic (exact) mass is 342 g/mol. The van der Waals surface area contributed by atoms with Crippen LogP contribution in [0.4, 0.5) is 0 Å². The molecule has 0 amide bonds. The lowest BCUT2D eigenvalue weighted by Crippen LogP contribution is -2.20. The van der Waals surface area contributed by atoms with E-state index in [1.165, 1.54) is 36.8 Å². The Hall–Kier alpha value is -1.57. The van der Waals surface area contributed by atoms with Crippen LogP contribution in [0.3, 0.4) is 0 Å². The Morgan fingerprint density at radius 1 is 1.20 bits per heavy atom. The van der Waals surface area contributed by atoms with Gasteiger partial charge in [0.15, 0.2) is 0 Å². The Kier molecular flexibility index (Phi) is 7.74. The van der Waals surface area contributed by atoms with Crippen molar-refractivity contribution >= 4 is 5.97 Å². The van der Waals surface area contributed by atoms with Crippen LogP contribution in [0.1, 0.15) is 76.3 Å². The Balaban J connectivity index is 1.79. The third kappa shape index (κ3) is 5.73. The smallest absolute Gasteiger partial charge is 0.333 e. The summed E-state index contributed by atoms with van der Waals surface area (Å²) in [5, 5.41) is 0. The van der Waals surface area contributed by atoms with Gasteiger partial charge in [0.05, 0.1) is 6.61 Å². The van der Waals surface area contributed by atoms with Gasteiger partial charge in [-0.25, -0.2) is 4.79 Å². The van der Waals surface area contributed by atoms with E-state index in [4.69, 9.17) is 4.74 Å². The first kappa shape index (κ1) is 19.8. The zero-order chi connectivity index (χ0) is 18.2. The first-order valence-electron chi connectivity index (χ1n) is 9.94. The van der Waals surface area contributed by atoms with Gasteiger partial charge >= 0.3 is 5.97 Å². The van der Waals surface area contributed by atoms with E-state index >= 15 is 0 Å². The summed E-state index contributed by atoms with van der Waals surface area (Å²) in [6, 6.07) is 9.08. The third-order valence-corrected chi connectivity index (χ3v) is 5.88. The van der Waals surface area contributed by atoms with Crippen LogP contribution in [0.15, 0.2) is 35.9 Å². The zero-order valence-electron chi connectivity index (χ0n) is 16.4. The average molecular weight is 343 g/mol. The minimum Gasteiger partial charge on any atom is -0.463 e. The molecule has 0 spiro atoms. The highest BCUT2D eigenvalue weighted by atomic mass is 16.5. The van der Waals surface area contributed by atoms with Crippen LogP contribution < -0.4 is 0 Å². The van der Waals surface area contributed by atoms with Gasteiger partial charge in [-0.15, -0.1) is 0 Å². The van der Waals surface area contributed by atoms with Crippen LogP contribution >= 0.6 is 0 Å². The second-order valence-electron chi connectivity index (χ2n) is 7.57. The van der Waals surface area contributed by atoms with E-state index in [9.17, 15) is 4.79 Å². The van der Waals surface area contributed by atoms with Crippen molar-refractivity contribution in [1.29, 1.82) is 0 Å². The first-order chi connectivity index (χ1) is 12.0. The molecule has 2 nitrogen and oxygen atoms in total.